The smallest absolute Gasteiger partial charge is 0.243 e. The molecule has 1 aromatic heterocycles. The fourth-order valence-corrected chi connectivity index (χ4v) is 4.74. The average molecular weight is 427 g/mol. The van der Waals surface area contributed by atoms with E-state index in [9.17, 15) is 13.2 Å². The van der Waals surface area contributed by atoms with Crippen LogP contribution >= 0.6 is 0 Å². The number of aryl methyl sites for hydroxylation is 4. The van der Waals surface area contributed by atoms with Crippen molar-refractivity contribution < 1.29 is 17.6 Å². The number of carbonyl (C=O) groups excluding carboxylic acids is 1. The van der Waals surface area contributed by atoms with Gasteiger partial charge in [0.1, 0.15) is 5.76 Å². The largest absolute Gasteiger partial charge is 0.468 e. The van der Waals surface area contributed by atoms with Crippen LogP contribution in [-0.4, -0.2) is 25.2 Å². The summed E-state index contributed by atoms with van der Waals surface area (Å²) in [6.07, 6.45) is 1.48. The Bertz CT molecular complexity index is 1110. The summed E-state index contributed by atoms with van der Waals surface area (Å²) in [6.45, 7) is 7.34. The van der Waals surface area contributed by atoms with E-state index < -0.39 is 15.9 Å². The molecule has 3 aromatic rings. The molecule has 7 heteroatoms. The maximum absolute atomic E-state index is 13.2. The highest BCUT2D eigenvalue weighted by Gasteiger charge is 2.28. The van der Waals surface area contributed by atoms with Gasteiger partial charge in [0.15, 0.2) is 0 Å². The normalized spacial score (nSPS) is 11.6. The highest BCUT2D eigenvalue weighted by atomic mass is 32.2. The van der Waals surface area contributed by atoms with E-state index in [0.717, 1.165) is 26.6 Å². The Morgan fingerprint density at radius 2 is 1.60 bits per heavy atom. The summed E-state index contributed by atoms with van der Waals surface area (Å²) >= 11 is 0. The number of carbonyl (C=O) groups is 1. The van der Waals surface area contributed by atoms with Crippen LogP contribution in [-0.2, 0) is 21.4 Å². The van der Waals surface area contributed by atoms with Gasteiger partial charge in [0.05, 0.1) is 24.2 Å². The van der Waals surface area contributed by atoms with Gasteiger partial charge < -0.3 is 9.73 Å². The van der Waals surface area contributed by atoms with Crippen molar-refractivity contribution in [2.45, 2.75) is 39.1 Å². The van der Waals surface area contributed by atoms with Crippen LogP contribution < -0.4 is 5.32 Å². The predicted molar refractivity (Wildman–Crippen MR) is 117 cm³/mol. The molecule has 30 heavy (non-hydrogen) atoms. The van der Waals surface area contributed by atoms with Crippen LogP contribution in [0.3, 0.4) is 0 Å². The summed E-state index contributed by atoms with van der Waals surface area (Å²) in [7, 11) is -3.90. The quantitative estimate of drug-likeness (QED) is 0.609. The summed E-state index contributed by atoms with van der Waals surface area (Å²) in [5.41, 5.74) is 4.62. The molecule has 6 nitrogen and oxygen atoms in total. The average Bonchev–Trinajstić information content (AvgIpc) is 3.17. The number of nitrogens with zero attached hydrogens (tertiary/aromatic N) is 1. The van der Waals surface area contributed by atoms with Crippen LogP contribution in [0.5, 0.6) is 0 Å². The maximum Gasteiger partial charge on any atom is 0.243 e. The summed E-state index contributed by atoms with van der Waals surface area (Å²) in [4.78, 5) is 13.0. The molecule has 0 saturated heterocycles. The first-order valence-corrected chi connectivity index (χ1v) is 11.1. The van der Waals surface area contributed by atoms with Crippen LogP contribution in [0.25, 0.3) is 0 Å². The molecule has 0 saturated carbocycles. The third kappa shape index (κ3) is 4.98. The second-order valence-electron chi connectivity index (χ2n) is 7.49. The lowest BCUT2D eigenvalue weighted by atomic mass is 10.1. The van der Waals surface area contributed by atoms with Crippen molar-refractivity contribution in [2.24, 2.45) is 0 Å². The van der Waals surface area contributed by atoms with Gasteiger partial charge >= 0.3 is 0 Å². The van der Waals surface area contributed by atoms with Gasteiger partial charge in [-0.1, -0.05) is 35.4 Å². The molecule has 0 unspecified atom stereocenters. The van der Waals surface area contributed by atoms with E-state index in [0.29, 0.717) is 11.4 Å². The van der Waals surface area contributed by atoms with E-state index in [2.05, 4.69) is 5.32 Å². The third-order valence-electron chi connectivity index (χ3n) is 4.83. The second kappa shape index (κ2) is 8.85. The Balaban J connectivity index is 1.87. The minimum absolute atomic E-state index is 0.0392. The first-order chi connectivity index (χ1) is 14.2. The molecular formula is C23H26N2O4S. The van der Waals surface area contributed by atoms with Crippen molar-refractivity contribution in [3.8, 4) is 0 Å². The van der Waals surface area contributed by atoms with Crippen LogP contribution in [0.15, 0.2) is 64.1 Å². The fraction of sp³-hybridized carbons (Fsp3) is 0.261. The molecule has 0 radical (unpaired) electrons. The van der Waals surface area contributed by atoms with E-state index in [1.165, 1.54) is 6.26 Å². The lowest BCUT2D eigenvalue weighted by Gasteiger charge is -2.22. The molecule has 0 atom stereocenters. The highest BCUT2D eigenvalue weighted by Crippen LogP contribution is 2.23. The van der Waals surface area contributed by atoms with Crippen molar-refractivity contribution >= 4 is 21.6 Å². The van der Waals surface area contributed by atoms with Crippen molar-refractivity contribution in [3.63, 3.8) is 0 Å². The van der Waals surface area contributed by atoms with Crippen molar-refractivity contribution in [1.82, 2.24) is 4.31 Å². The topological polar surface area (TPSA) is 79.6 Å². The van der Waals surface area contributed by atoms with E-state index in [4.69, 9.17) is 4.42 Å². The number of furan rings is 1. The number of sulfonamides is 1. The van der Waals surface area contributed by atoms with Gasteiger partial charge in [-0.05, 0) is 63.1 Å². The van der Waals surface area contributed by atoms with E-state index in [-0.39, 0.29) is 18.0 Å². The van der Waals surface area contributed by atoms with Crippen molar-refractivity contribution in [2.75, 3.05) is 11.9 Å². The Labute approximate surface area is 177 Å². The summed E-state index contributed by atoms with van der Waals surface area (Å²) in [6, 6.07) is 13.9. The van der Waals surface area contributed by atoms with E-state index in [1.807, 2.05) is 39.8 Å². The number of hydrogen-bond donors (Lipinski definition) is 1. The SMILES string of the molecule is Cc1ccc(S(=O)(=O)N(CC(=O)Nc2c(C)cc(C)cc2C)Cc2ccco2)cc1. The number of rotatable bonds is 7. The number of nitrogens with one attached hydrogen (secondary N) is 1. The Hall–Kier alpha value is -2.90. The van der Waals surface area contributed by atoms with Crippen molar-refractivity contribution in [1.29, 1.82) is 0 Å². The standard InChI is InChI=1S/C23H26N2O4S/c1-16-7-9-21(10-8-16)30(27,28)25(14-20-6-5-11-29-20)15-22(26)24-23-18(3)12-17(2)13-19(23)4/h5-13H,14-15H2,1-4H3,(H,24,26). The minimum Gasteiger partial charge on any atom is -0.468 e. The van der Waals surface area contributed by atoms with Crippen LogP contribution in [0.2, 0.25) is 0 Å². The lowest BCUT2D eigenvalue weighted by molar-refractivity contribution is -0.116. The maximum atomic E-state index is 13.2. The number of hydrogen-bond acceptors (Lipinski definition) is 4. The van der Waals surface area contributed by atoms with Gasteiger partial charge in [0, 0.05) is 5.69 Å². The van der Waals surface area contributed by atoms with Crippen LogP contribution in [0.1, 0.15) is 28.0 Å². The van der Waals surface area contributed by atoms with Gasteiger partial charge in [-0.15, -0.1) is 0 Å². The molecule has 1 amide bonds. The molecule has 0 fully saturated rings. The summed E-state index contributed by atoms with van der Waals surface area (Å²) < 4.78 is 32.9. The highest BCUT2D eigenvalue weighted by molar-refractivity contribution is 7.89. The predicted octanol–water partition coefficient (Wildman–Crippen LogP) is 4.34. The Morgan fingerprint density at radius 1 is 0.967 bits per heavy atom. The Kier molecular flexibility index (Phi) is 6.43. The molecule has 2 aromatic carbocycles. The molecule has 0 spiro atoms. The zero-order valence-electron chi connectivity index (χ0n) is 17.6. The van der Waals surface area contributed by atoms with Gasteiger partial charge in [-0.2, -0.15) is 4.31 Å². The van der Waals surface area contributed by atoms with E-state index >= 15 is 0 Å². The summed E-state index contributed by atoms with van der Waals surface area (Å²) in [5.74, 6) is 0.0495. The first kappa shape index (κ1) is 21.8. The molecule has 0 aliphatic rings. The number of amides is 1. The fourth-order valence-electron chi connectivity index (χ4n) is 3.38. The second-order valence-corrected chi connectivity index (χ2v) is 9.43. The zero-order chi connectivity index (χ0) is 21.9. The molecule has 0 aliphatic heterocycles. The molecule has 1 heterocycles. The minimum atomic E-state index is -3.90. The van der Waals surface area contributed by atoms with Gasteiger partial charge in [-0.25, -0.2) is 8.42 Å². The van der Waals surface area contributed by atoms with Crippen LogP contribution in [0.4, 0.5) is 5.69 Å². The molecule has 3 rings (SSSR count). The first-order valence-electron chi connectivity index (χ1n) is 9.63. The monoisotopic (exact) mass is 426 g/mol. The number of benzene rings is 2. The molecule has 0 aliphatic carbocycles. The number of anilines is 1. The van der Waals surface area contributed by atoms with E-state index in [1.54, 1.807) is 36.4 Å². The summed E-state index contributed by atoms with van der Waals surface area (Å²) in [5, 5.41) is 2.87. The van der Waals surface area contributed by atoms with Gasteiger partial charge in [0.2, 0.25) is 15.9 Å². The van der Waals surface area contributed by atoms with Gasteiger partial charge in [0.25, 0.3) is 0 Å². The molecule has 1 N–H and O–H groups in total. The lowest BCUT2D eigenvalue weighted by Crippen LogP contribution is -2.37. The molecule has 158 valence electrons. The molecule has 0 bridgehead atoms. The third-order valence-corrected chi connectivity index (χ3v) is 6.64. The van der Waals surface area contributed by atoms with Crippen molar-refractivity contribution in [3.05, 3.63) is 82.8 Å². The zero-order valence-corrected chi connectivity index (χ0v) is 18.4. The van der Waals surface area contributed by atoms with Gasteiger partial charge in [-0.3, -0.25) is 4.79 Å². The molecular weight excluding hydrogens is 400 g/mol. The van der Waals surface area contributed by atoms with Crippen LogP contribution in [0, 0.1) is 27.7 Å². The Morgan fingerprint density at radius 3 is 2.17 bits per heavy atom.